The Hall–Kier alpha value is -1.15. The molecule has 3 N–H and O–H groups in total. The van der Waals surface area contributed by atoms with E-state index >= 15 is 0 Å². The second kappa shape index (κ2) is 8.33. The molecule has 0 spiro atoms. The molecule has 0 saturated heterocycles. The number of ether oxygens (including phenoxy) is 1. The molecule has 120 valence electrons. The van der Waals surface area contributed by atoms with Crippen LogP contribution in [0.25, 0.3) is 0 Å². The number of hydrogen-bond donors (Lipinski definition) is 3. The van der Waals surface area contributed by atoms with E-state index in [1.54, 1.807) is 0 Å². The summed E-state index contributed by atoms with van der Waals surface area (Å²) in [5, 5.41) is 12.7. The first kappa shape index (κ1) is 17.9. The van der Waals surface area contributed by atoms with Crippen LogP contribution in [0.1, 0.15) is 11.1 Å². The topological polar surface area (TPSA) is 87.7 Å². The first-order chi connectivity index (χ1) is 9.78. The predicted octanol–water partition coefficient (Wildman–Crippen LogP) is 0.182. The molecule has 0 aliphatic heterocycles. The molecule has 1 rings (SSSR count). The van der Waals surface area contributed by atoms with Crippen molar-refractivity contribution >= 4 is 10.0 Å². The number of aliphatic hydroxyl groups is 1. The molecule has 1 aromatic carbocycles. The average molecular weight is 316 g/mol. The SMILES string of the molecule is Cc1ccc(OCC(O)CNCCNS(C)(=O)=O)c(C)c1. The Morgan fingerprint density at radius 3 is 2.62 bits per heavy atom. The van der Waals surface area contributed by atoms with Crippen LogP contribution in [0.4, 0.5) is 0 Å². The van der Waals surface area contributed by atoms with Crippen LogP contribution in [-0.2, 0) is 10.0 Å². The summed E-state index contributed by atoms with van der Waals surface area (Å²) in [4.78, 5) is 0. The molecule has 7 heteroatoms. The summed E-state index contributed by atoms with van der Waals surface area (Å²) in [5.41, 5.74) is 2.20. The Kier molecular flexibility index (Phi) is 7.10. The van der Waals surface area contributed by atoms with Crippen LogP contribution in [0, 0.1) is 13.8 Å². The smallest absolute Gasteiger partial charge is 0.208 e. The predicted molar refractivity (Wildman–Crippen MR) is 83.1 cm³/mol. The van der Waals surface area contributed by atoms with Crippen molar-refractivity contribution in [2.75, 3.05) is 32.5 Å². The molecule has 1 aromatic rings. The van der Waals surface area contributed by atoms with Crippen molar-refractivity contribution in [1.29, 1.82) is 0 Å². The van der Waals surface area contributed by atoms with Crippen LogP contribution in [0.5, 0.6) is 5.75 Å². The van der Waals surface area contributed by atoms with Gasteiger partial charge in [-0.1, -0.05) is 17.7 Å². The number of aliphatic hydroxyl groups excluding tert-OH is 1. The third-order valence-electron chi connectivity index (χ3n) is 2.81. The molecule has 0 bridgehead atoms. The van der Waals surface area contributed by atoms with Gasteiger partial charge in [0.2, 0.25) is 10.0 Å². The van der Waals surface area contributed by atoms with E-state index in [1.807, 2.05) is 32.0 Å². The minimum Gasteiger partial charge on any atom is -0.491 e. The summed E-state index contributed by atoms with van der Waals surface area (Å²) in [6, 6.07) is 5.88. The van der Waals surface area contributed by atoms with Crippen LogP contribution in [0.2, 0.25) is 0 Å². The lowest BCUT2D eigenvalue weighted by Gasteiger charge is -2.15. The minimum absolute atomic E-state index is 0.191. The molecule has 6 nitrogen and oxygen atoms in total. The van der Waals surface area contributed by atoms with E-state index in [2.05, 4.69) is 10.0 Å². The van der Waals surface area contributed by atoms with E-state index in [0.717, 1.165) is 17.6 Å². The summed E-state index contributed by atoms with van der Waals surface area (Å²) in [6.07, 6.45) is 0.462. The maximum atomic E-state index is 10.8. The standard InChI is InChI=1S/C14H24N2O4S/c1-11-4-5-14(12(2)8-11)20-10-13(17)9-15-6-7-16-21(3,18)19/h4-5,8,13,15-17H,6-7,9-10H2,1-3H3. The lowest BCUT2D eigenvalue weighted by molar-refractivity contribution is 0.106. The molecule has 0 fully saturated rings. The van der Waals surface area contributed by atoms with Crippen molar-refractivity contribution in [3.05, 3.63) is 29.3 Å². The normalized spacial score (nSPS) is 13.1. The Labute approximate surface area is 126 Å². The van der Waals surface area contributed by atoms with Crippen molar-refractivity contribution in [1.82, 2.24) is 10.0 Å². The molecule has 0 amide bonds. The number of rotatable bonds is 9. The van der Waals surface area contributed by atoms with Gasteiger partial charge in [0.1, 0.15) is 18.5 Å². The number of nitrogens with one attached hydrogen (secondary N) is 2. The summed E-state index contributed by atoms with van der Waals surface area (Å²) in [7, 11) is -3.16. The van der Waals surface area contributed by atoms with Crippen molar-refractivity contribution in [2.45, 2.75) is 20.0 Å². The van der Waals surface area contributed by atoms with Crippen molar-refractivity contribution in [3.63, 3.8) is 0 Å². The fraction of sp³-hybridized carbons (Fsp3) is 0.571. The van der Waals surface area contributed by atoms with Gasteiger partial charge in [-0.2, -0.15) is 0 Å². The molecular weight excluding hydrogens is 292 g/mol. The van der Waals surface area contributed by atoms with Crippen LogP contribution in [0.3, 0.4) is 0 Å². The summed E-state index contributed by atoms with van der Waals surface area (Å²) < 4.78 is 29.6. The van der Waals surface area contributed by atoms with Crippen molar-refractivity contribution in [3.8, 4) is 5.75 Å². The lowest BCUT2D eigenvalue weighted by Crippen LogP contribution is -2.36. The molecule has 0 aromatic heterocycles. The molecule has 1 atom stereocenters. The fourth-order valence-electron chi connectivity index (χ4n) is 1.80. The van der Waals surface area contributed by atoms with Gasteiger partial charge in [-0.05, 0) is 25.5 Å². The number of benzene rings is 1. The van der Waals surface area contributed by atoms with Gasteiger partial charge < -0.3 is 15.2 Å². The second-order valence-corrected chi connectivity index (χ2v) is 6.94. The van der Waals surface area contributed by atoms with Gasteiger partial charge in [0.05, 0.1) is 6.26 Å². The third kappa shape index (κ3) is 8.01. The highest BCUT2D eigenvalue weighted by atomic mass is 32.2. The van der Waals surface area contributed by atoms with Gasteiger partial charge in [-0.3, -0.25) is 0 Å². The molecule has 0 aliphatic carbocycles. The van der Waals surface area contributed by atoms with E-state index in [1.165, 1.54) is 5.56 Å². The molecule has 0 radical (unpaired) electrons. The van der Waals surface area contributed by atoms with E-state index in [-0.39, 0.29) is 6.61 Å². The first-order valence-electron chi connectivity index (χ1n) is 6.81. The van der Waals surface area contributed by atoms with E-state index in [4.69, 9.17) is 4.74 Å². The molecule has 1 unspecified atom stereocenters. The highest BCUT2D eigenvalue weighted by Gasteiger charge is 2.07. The van der Waals surface area contributed by atoms with Crippen LogP contribution < -0.4 is 14.8 Å². The van der Waals surface area contributed by atoms with E-state index < -0.39 is 16.1 Å². The Morgan fingerprint density at radius 1 is 1.29 bits per heavy atom. The quantitative estimate of drug-likeness (QED) is 0.566. The zero-order valence-electron chi connectivity index (χ0n) is 12.7. The third-order valence-corrected chi connectivity index (χ3v) is 3.54. The summed E-state index contributed by atoms with van der Waals surface area (Å²) in [6.45, 7) is 5.26. The summed E-state index contributed by atoms with van der Waals surface area (Å²) in [5.74, 6) is 0.762. The van der Waals surface area contributed by atoms with Gasteiger partial charge in [0, 0.05) is 19.6 Å². The minimum atomic E-state index is -3.16. The monoisotopic (exact) mass is 316 g/mol. The molecule has 0 saturated carbocycles. The van der Waals surface area contributed by atoms with Crippen molar-refractivity contribution in [2.24, 2.45) is 0 Å². The number of aryl methyl sites for hydroxylation is 2. The highest BCUT2D eigenvalue weighted by molar-refractivity contribution is 7.88. The maximum Gasteiger partial charge on any atom is 0.208 e. The Bertz CT molecular complexity index is 546. The van der Waals surface area contributed by atoms with Crippen molar-refractivity contribution < 1.29 is 18.3 Å². The van der Waals surface area contributed by atoms with Gasteiger partial charge in [0.25, 0.3) is 0 Å². The number of hydrogen-bond acceptors (Lipinski definition) is 5. The maximum absolute atomic E-state index is 10.8. The molecule has 0 aliphatic rings. The fourth-order valence-corrected chi connectivity index (χ4v) is 2.27. The Morgan fingerprint density at radius 2 is 2.00 bits per heavy atom. The molecule has 0 heterocycles. The summed E-state index contributed by atoms with van der Waals surface area (Å²) >= 11 is 0. The zero-order chi connectivity index (χ0) is 15.9. The highest BCUT2D eigenvalue weighted by Crippen LogP contribution is 2.18. The van der Waals surface area contributed by atoms with Gasteiger partial charge in [0.15, 0.2) is 0 Å². The second-order valence-electron chi connectivity index (χ2n) is 5.10. The van der Waals surface area contributed by atoms with Crippen LogP contribution in [-0.4, -0.2) is 52.1 Å². The van der Waals surface area contributed by atoms with Gasteiger partial charge in [-0.25, -0.2) is 13.1 Å². The van der Waals surface area contributed by atoms with Crippen LogP contribution >= 0.6 is 0 Å². The van der Waals surface area contributed by atoms with Gasteiger partial charge in [-0.15, -0.1) is 0 Å². The van der Waals surface area contributed by atoms with Crippen LogP contribution in [0.15, 0.2) is 18.2 Å². The first-order valence-corrected chi connectivity index (χ1v) is 8.70. The number of sulfonamides is 1. The largest absolute Gasteiger partial charge is 0.491 e. The van der Waals surface area contributed by atoms with Gasteiger partial charge >= 0.3 is 0 Å². The van der Waals surface area contributed by atoms with E-state index in [9.17, 15) is 13.5 Å². The molecule has 21 heavy (non-hydrogen) atoms. The lowest BCUT2D eigenvalue weighted by atomic mass is 10.1. The molecular formula is C14H24N2O4S. The average Bonchev–Trinajstić information content (AvgIpc) is 2.36. The van der Waals surface area contributed by atoms with E-state index in [0.29, 0.717) is 19.6 Å². The zero-order valence-corrected chi connectivity index (χ0v) is 13.5. The Balaban J connectivity index is 2.20.